The molecule has 2 rings (SSSR count). The van der Waals surface area contributed by atoms with Crippen LogP contribution in [-0.4, -0.2) is 18.5 Å². The van der Waals surface area contributed by atoms with Crippen molar-refractivity contribution in [2.24, 2.45) is 0 Å². The maximum Gasteiger partial charge on any atom is 0.119 e. The summed E-state index contributed by atoms with van der Waals surface area (Å²) in [5.41, 5.74) is 1.26. The number of methoxy groups -OCH3 is 1. The summed E-state index contributed by atoms with van der Waals surface area (Å²) in [7, 11) is 1.69. The molecule has 0 unspecified atom stereocenters. The quantitative estimate of drug-likeness (QED) is 0.796. The van der Waals surface area contributed by atoms with Gasteiger partial charge in [0.1, 0.15) is 5.75 Å². The summed E-state index contributed by atoms with van der Waals surface area (Å²) < 4.78 is 5.17. The zero-order chi connectivity index (χ0) is 10.7. The molecule has 1 aromatic carbocycles. The summed E-state index contributed by atoms with van der Waals surface area (Å²) in [6.07, 6.45) is 2.18. The lowest BCUT2D eigenvalue weighted by Gasteiger charge is -2.31. The van der Waals surface area contributed by atoms with Crippen LogP contribution in [0.4, 0.5) is 0 Å². The minimum atomic E-state index is 0.382. The Morgan fingerprint density at radius 1 is 1.47 bits per heavy atom. The van der Waals surface area contributed by atoms with Crippen molar-refractivity contribution in [3.63, 3.8) is 0 Å². The molecular formula is C12H16ClNO. The Kier molecular flexibility index (Phi) is 3.49. The lowest BCUT2D eigenvalue weighted by Crippen LogP contribution is -2.41. The van der Waals surface area contributed by atoms with Crippen molar-refractivity contribution in [1.29, 1.82) is 0 Å². The van der Waals surface area contributed by atoms with Crippen LogP contribution in [0.5, 0.6) is 5.75 Å². The maximum atomic E-state index is 5.91. The molecule has 0 bridgehead atoms. The van der Waals surface area contributed by atoms with Crippen molar-refractivity contribution in [2.75, 3.05) is 7.11 Å². The van der Waals surface area contributed by atoms with Crippen LogP contribution in [0.15, 0.2) is 24.3 Å². The van der Waals surface area contributed by atoms with E-state index in [0.29, 0.717) is 11.4 Å². The van der Waals surface area contributed by atoms with Gasteiger partial charge < -0.3 is 10.1 Å². The van der Waals surface area contributed by atoms with Gasteiger partial charge in [-0.2, -0.15) is 0 Å². The summed E-state index contributed by atoms with van der Waals surface area (Å²) in [5, 5.41) is 3.86. The van der Waals surface area contributed by atoms with Crippen molar-refractivity contribution < 1.29 is 4.74 Å². The first-order chi connectivity index (χ1) is 7.28. The second-order valence-corrected chi connectivity index (χ2v) is 4.62. The van der Waals surface area contributed by atoms with E-state index in [1.165, 1.54) is 5.56 Å². The number of benzene rings is 1. The van der Waals surface area contributed by atoms with Crippen LogP contribution < -0.4 is 10.1 Å². The van der Waals surface area contributed by atoms with Gasteiger partial charge in [0.05, 0.1) is 7.11 Å². The SMILES string of the molecule is COc1cccc(CNC2CC(Cl)C2)c1. The molecule has 1 aliphatic carbocycles. The summed E-state index contributed by atoms with van der Waals surface area (Å²) >= 11 is 5.91. The summed E-state index contributed by atoms with van der Waals surface area (Å²) in [6.45, 7) is 0.894. The third-order valence-corrected chi connectivity index (χ3v) is 3.17. The molecule has 1 aliphatic rings. The third-order valence-electron chi connectivity index (χ3n) is 2.81. The number of halogens is 1. The zero-order valence-electron chi connectivity index (χ0n) is 8.87. The largest absolute Gasteiger partial charge is 0.497 e. The zero-order valence-corrected chi connectivity index (χ0v) is 9.63. The second-order valence-electron chi connectivity index (χ2n) is 4.00. The van der Waals surface area contributed by atoms with Gasteiger partial charge in [-0.1, -0.05) is 12.1 Å². The molecule has 0 aromatic heterocycles. The molecule has 0 aliphatic heterocycles. The lowest BCUT2D eigenvalue weighted by atomic mass is 9.92. The van der Waals surface area contributed by atoms with E-state index in [4.69, 9.17) is 16.3 Å². The highest BCUT2D eigenvalue weighted by Crippen LogP contribution is 2.25. The van der Waals surface area contributed by atoms with Crippen LogP contribution in [0.25, 0.3) is 0 Å². The number of alkyl halides is 1. The first kappa shape index (κ1) is 10.8. The minimum absolute atomic E-state index is 0.382. The van der Waals surface area contributed by atoms with Crippen LogP contribution in [0, 0.1) is 0 Å². The topological polar surface area (TPSA) is 21.3 Å². The average molecular weight is 226 g/mol. The highest BCUT2D eigenvalue weighted by Gasteiger charge is 2.26. The third kappa shape index (κ3) is 2.86. The van der Waals surface area contributed by atoms with Crippen molar-refractivity contribution in [2.45, 2.75) is 30.8 Å². The number of ether oxygens (including phenoxy) is 1. The van der Waals surface area contributed by atoms with Gasteiger partial charge in [-0.25, -0.2) is 0 Å². The summed E-state index contributed by atoms with van der Waals surface area (Å²) in [6, 6.07) is 8.73. The van der Waals surface area contributed by atoms with Crippen molar-refractivity contribution >= 4 is 11.6 Å². The van der Waals surface area contributed by atoms with E-state index in [1.54, 1.807) is 7.11 Å². The van der Waals surface area contributed by atoms with Gasteiger partial charge in [0.2, 0.25) is 0 Å². The van der Waals surface area contributed by atoms with Gasteiger partial charge in [0.25, 0.3) is 0 Å². The molecule has 1 N–H and O–H groups in total. The molecule has 0 heterocycles. The lowest BCUT2D eigenvalue weighted by molar-refractivity contribution is 0.344. The molecule has 0 atom stereocenters. The monoisotopic (exact) mass is 225 g/mol. The molecule has 82 valence electrons. The van der Waals surface area contributed by atoms with Crippen molar-refractivity contribution in [1.82, 2.24) is 5.32 Å². The van der Waals surface area contributed by atoms with Crippen LogP contribution in [0.2, 0.25) is 0 Å². The first-order valence-electron chi connectivity index (χ1n) is 5.28. The fourth-order valence-electron chi connectivity index (χ4n) is 1.76. The molecule has 1 saturated carbocycles. The van der Waals surface area contributed by atoms with Gasteiger partial charge in [0, 0.05) is 18.0 Å². The van der Waals surface area contributed by atoms with Crippen LogP contribution in [0.1, 0.15) is 18.4 Å². The second kappa shape index (κ2) is 4.86. The standard InChI is InChI=1S/C12H16ClNO/c1-15-12-4-2-3-9(5-12)8-14-11-6-10(13)7-11/h2-5,10-11,14H,6-8H2,1H3. The number of rotatable bonds is 4. The Morgan fingerprint density at radius 2 is 2.27 bits per heavy atom. The van der Waals surface area contributed by atoms with E-state index in [0.717, 1.165) is 25.1 Å². The van der Waals surface area contributed by atoms with Crippen LogP contribution in [-0.2, 0) is 6.54 Å². The first-order valence-corrected chi connectivity index (χ1v) is 5.72. The highest BCUT2D eigenvalue weighted by molar-refractivity contribution is 6.21. The van der Waals surface area contributed by atoms with Gasteiger partial charge in [-0.05, 0) is 30.5 Å². The molecule has 0 saturated heterocycles. The Labute approximate surface area is 95.6 Å². The molecule has 1 fully saturated rings. The molecular weight excluding hydrogens is 210 g/mol. The Bertz CT molecular complexity index is 323. The average Bonchev–Trinajstić information content (AvgIpc) is 2.23. The van der Waals surface area contributed by atoms with E-state index in [1.807, 2.05) is 12.1 Å². The van der Waals surface area contributed by atoms with E-state index in [2.05, 4.69) is 17.4 Å². The van der Waals surface area contributed by atoms with Gasteiger partial charge in [-0.3, -0.25) is 0 Å². The molecule has 1 aromatic rings. The smallest absolute Gasteiger partial charge is 0.119 e. The Balaban J connectivity index is 1.82. The van der Waals surface area contributed by atoms with E-state index < -0.39 is 0 Å². The molecule has 0 radical (unpaired) electrons. The number of hydrogen-bond donors (Lipinski definition) is 1. The Hall–Kier alpha value is -0.730. The van der Waals surface area contributed by atoms with Crippen LogP contribution in [0.3, 0.4) is 0 Å². The van der Waals surface area contributed by atoms with E-state index in [-0.39, 0.29) is 0 Å². The van der Waals surface area contributed by atoms with Gasteiger partial charge in [-0.15, -0.1) is 11.6 Å². The molecule has 15 heavy (non-hydrogen) atoms. The predicted octanol–water partition coefficient (Wildman–Crippen LogP) is 2.55. The normalized spacial score (nSPS) is 24.7. The summed E-state index contributed by atoms with van der Waals surface area (Å²) in [4.78, 5) is 0. The van der Waals surface area contributed by atoms with Gasteiger partial charge >= 0.3 is 0 Å². The van der Waals surface area contributed by atoms with Crippen LogP contribution >= 0.6 is 11.6 Å². The molecule has 3 heteroatoms. The van der Waals surface area contributed by atoms with Gasteiger partial charge in [0.15, 0.2) is 0 Å². The minimum Gasteiger partial charge on any atom is -0.497 e. The maximum absolute atomic E-state index is 5.91. The van der Waals surface area contributed by atoms with Crippen molar-refractivity contribution in [3.8, 4) is 5.75 Å². The fraction of sp³-hybridized carbons (Fsp3) is 0.500. The molecule has 0 spiro atoms. The summed E-state index contributed by atoms with van der Waals surface area (Å²) in [5.74, 6) is 0.915. The Morgan fingerprint density at radius 3 is 2.93 bits per heavy atom. The predicted molar refractivity (Wildman–Crippen MR) is 62.5 cm³/mol. The van der Waals surface area contributed by atoms with E-state index in [9.17, 15) is 0 Å². The highest BCUT2D eigenvalue weighted by atomic mass is 35.5. The molecule has 2 nitrogen and oxygen atoms in total. The van der Waals surface area contributed by atoms with E-state index >= 15 is 0 Å². The number of hydrogen-bond acceptors (Lipinski definition) is 2. The fourth-order valence-corrected chi connectivity index (χ4v) is 2.19. The molecule has 0 amide bonds. The number of nitrogens with one attached hydrogen (secondary N) is 1. The van der Waals surface area contributed by atoms with Crippen molar-refractivity contribution in [3.05, 3.63) is 29.8 Å².